The third kappa shape index (κ3) is 1.96. The molecule has 1 aromatic heterocycles. The lowest BCUT2D eigenvalue weighted by Crippen LogP contribution is -2.13. The van der Waals surface area contributed by atoms with Gasteiger partial charge < -0.3 is 4.74 Å². The van der Waals surface area contributed by atoms with Crippen LogP contribution in [0.1, 0.15) is 19.5 Å². The molecule has 0 spiro atoms. The topological polar surface area (TPSA) is 34.5 Å². The number of ether oxygens (including phenoxy) is 1. The minimum atomic E-state index is 0.258. The number of aromatic nitrogens is 1. The van der Waals surface area contributed by atoms with Crippen molar-refractivity contribution in [3.8, 4) is 0 Å². The summed E-state index contributed by atoms with van der Waals surface area (Å²) < 4.78 is 5.65. The van der Waals surface area contributed by atoms with Crippen LogP contribution in [0.15, 0.2) is 41.5 Å². The van der Waals surface area contributed by atoms with E-state index in [4.69, 9.17) is 4.74 Å². The summed E-state index contributed by atoms with van der Waals surface area (Å²) in [5.74, 6) is 1.18. The second-order valence-corrected chi connectivity index (χ2v) is 4.97. The van der Waals surface area contributed by atoms with Crippen molar-refractivity contribution in [3.63, 3.8) is 0 Å². The maximum Gasteiger partial charge on any atom is 0.235 e. The van der Waals surface area contributed by atoms with E-state index in [1.807, 2.05) is 24.4 Å². The second-order valence-electron chi connectivity index (χ2n) is 4.97. The molecule has 92 valence electrons. The average molecular weight is 240 g/mol. The van der Waals surface area contributed by atoms with Gasteiger partial charge in [0.1, 0.15) is 12.3 Å². The highest BCUT2D eigenvalue weighted by Gasteiger charge is 2.23. The molecule has 3 heteroatoms. The molecule has 0 N–H and O–H groups in total. The highest BCUT2D eigenvalue weighted by Crippen LogP contribution is 2.19. The van der Waals surface area contributed by atoms with Gasteiger partial charge >= 0.3 is 0 Å². The highest BCUT2D eigenvalue weighted by molar-refractivity contribution is 5.97. The Hall–Kier alpha value is -1.90. The van der Waals surface area contributed by atoms with E-state index in [1.165, 1.54) is 5.39 Å². The molecule has 2 heterocycles. The van der Waals surface area contributed by atoms with E-state index >= 15 is 0 Å². The van der Waals surface area contributed by atoms with Crippen molar-refractivity contribution in [3.05, 3.63) is 42.2 Å². The van der Waals surface area contributed by atoms with Gasteiger partial charge in [0.25, 0.3) is 0 Å². The number of nitrogens with zero attached hydrogens (tertiary/aromatic N) is 2. The molecule has 18 heavy (non-hydrogen) atoms. The number of fused-ring (bicyclic) bond motifs is 1. The van der Waals surface area contributed by atoms with Crippen LogP contribution in [0.5, 0.6) is 0 Å². The molecule has 0 amide bonds. The number of hydrogen-bond donors (Lipinski definition) is 0. The van der Waals surface area contributed by atoms with Gasteiger partial charge in [-0.25, -0.2) is 4.99 Å². The van der Waals surface area contributed by atoms with Gasteiger partial charge in [0, 0.05) is 11.6 Å². The number of aliphatic imine (C=N–C) groups is 1. The number of hydrogen-bond acceptors (Lipinski definition) is 3. The predicted molar refractivity (Wildman–Crippen MR) is 72.9 cm³/mol. The smallest absolute Gasteiger partial charge is 0.235 e. The Labute approximate surface area is 107 Å². The van der Waals surface area contributed by atoms with Gasteiger partial charge in [0.2, 0.25) is 5.90 Å². The van der Waals surface area contributed by atoms with Crippen LogP contribution in [0.25, 0.3) is 10.8 Å². The first-order valence-electron chi connectivity index (χ1n) is 6.30. The molecule has 3 nitrogen and oxygen atoms in total. The first-order chi connectivity index (χ1) is 8.74. The average Bonchev–Trinajstić information content (AvgIpc) is 2.88. The zero-order valence-electron chi connectivity index (χ0n) is 10.6. The van der Waals surface area contributed by atoms with Crippen molar-refractivity contribution in [2.45, 2.75) is 19.9 Å². The van der Waals surface area contributed by atoms with E-state index < -0.39 is 0 Å². The van der Waals surface area contributed by atoms with Crippen LogP contribution in [0, 0.1) is 5.92 Å². The van der Waals surface area contributed by atoms with Crippen molar-refractivity contribution in [2.75, 3.05) is 6.61 Å². The van der Waals surface area contributed by atoms with Gasteiger partial charge in [0.05, 0.1) is 6.04 Å². The number of rotatable bonds is 2. The fourth-order valence-corrected chi connectivity index (χ4v) is 2.07. The van der Waals surface area contributed by atoms with Crippen LogP contribution in [0.3, 0.4) is 0 Å². The molecule has 0 radical (unpaired) electrons. The summed E-state index contributed by atoms with van der Waals surface area (Å²) in [4.78, 5) is 9.02. The monoisotopic (exact) mass is 240 g/mol. The summed E-state index contributed by atoms with van der Waals surface area (Å²) in [6.07, 6.45) is 1.87. The van der Waals surface area contributed by atoms with Crippen molar-refractivity contribution in [1.29, 1.82) is 0 Å². The number of benzene rings is 1. The van der Waals surface area contributed by atoms with E-state index in [0.29, 0.717) is 18.4 Å². The Balaban J connectivity index is 1.98. The first-order valence-corrected chi connectivity index (χ1v) is 6.30. The molecule has 0 bridgehead atoms. The van der Waals surface area contributed by atoms with Crippen LogP contribution in [0.2, 0.25) is 0 Å². The van der Waals surface area contributed by atoms with Crippen LogP contribution >= 0.6 is 0 Å². The molecule has 1 atom stereocenters. The van der Waals surface area contributed by atoms with E-state index in [-0.39, 0.29) is 6.04 Å². The molecular weight excluding hydrogens is 224 g/mol. The molecule has 0 saturated carbocycles. The minimum absolute atomic E-state index is 0.258. The third-order valence-corrected chi connectivity index (χ3v) is 3.29. The van der Waals surface area contributed by atoms with Crippen LogP contribution in [0.4, 0.5) is 0 Å². The van der Waals surface area contributed by atoms with Gasteiger partial charge in [-0.05, 0) is 17.4 Å². The minimum Gasteiger partial charge on any atom is -0.474 e. The van der Waals surface area contributed by atoms with Gasteiger partial charge in [-0.2, -0.15) is 0 Å². The largest absolute Gasteiger partial charge is 0.474 e. The quantitative estimate of drug-likeness (QED) is 0.808. The van der Waals surface area contributed by atoms with Crippen molar-refractivity contribution in [1.82, 2.24) is 4.98 Å². The fraction of sp³-hybridized carbons (Fsp3) is 0.333. The summed E-state index contributed by atoms with van der Waals surface area (Å²) in [6, 6.07) is 10.5. The highest BCUT2D eigenvalue weighted by atomic mass is 16.5. The van der Waals surface area contributed by atoms with Crippen LogP contribution < -0.4 is 0 Å². The van der Waals surface area contributed by atoms with E-state index in [2.05, 4.69) is 36.0 Å². The molecule has 2 aromatic rings. The molecule has 0 aliphatic carbocycles. The molecule has 0 fully saturated rings. The van der Waals surface area contributed by atoms with Crippen molar-refractivity contribution >= 4 is 16.7 Å². The van der Waals surface area contributed by atoms with Crippen molar-refractivity contribution < 1.29 is 4.74 Å². The molecule has 1 aromatic carbocycles. The SMILES string of the molecule is CC(C)[C@@H]1COC(c2cc3ccccc3cn2)=N1. The molecule has 1 aliphatic rings. The van der Waals surface area contributed by atoms with Gasteiger partial charge in [-0.15, -0.1) is 0 Å². The molecule has 3 rings (SSSR count). The lowest BCUT2D eigenvalue weighted by atomic mass is 10.1. The van der Waals surface area contributed by atoms with E-state index in [9.17, 15) is 0 Å². The lowest BCUT2D eigenvalue weighted by Gasteiger charge is -2.06. The van der Waals surface area contributed by atoms with Gasteiger partial charge in [-0.3, -0.25) is 4.98 Å². The molecule has 1 aliphatic heterocycles. The summed E-state index contributed by atoms with van der Waals surface area (Å²) in [5, 5.41) is 2.31. The van der Waals surface area contributed by atoms with E-state index in [0.717, 1.165) is 11.1 Å². The Kier molecular flexibility index (Phi) is 2.74. The Morgan fingerprint density at radius 2 is 2.00 bits per heavy atom. The third-order valence-electron chi connectivity index (χ3n) is 3.29. The maximum atomic E-state index is 5.65. The zero-order chi connectivity index (χ0) is 12.5. The van der Waals surface area contributed by atoms with Crippen LogP contribution in [-0.4, -0.2) is 23.5 Å². The summed E-state index contributed by atoms with van der Waals surface area (Å²) in [6.45, 7) is 4.99. The van der Waals surface area contributed by atoms with Gasteiger partial charge in [-0.1, -0.05) is 38.1 Å². The predicted octanol–water partition coefficient (Wildman–Crippen LogP) is 3.04. The summed E-state index contributed by atoms with van der Waals surface area (Å²) in [7, 11) is 0. The Morgan fingerprint density at radius 1 is 1.22 bits per heavy atom. The van der Waals surface area contributed by atoms with Crippen molar-refractivity contribution in [2.24, 2.45) is 10.9 Å². The first kappa shape index (κ1) is 11.2. The standard InChI is InChI=1S/C15H16N2O/c1-10(2)14-9-18-15(17-14)13-7-11-5-3-4-6-12(11)8-16-13/h3-8,10,14H,9H2,1-2H3/t14-/m0/s1. The Bertz CT molecular complexity index is 604. The molecular formula is C15H16N2O. The van der Waals surface area contributed by atoms with E-state index in [1.54, 1.807) is 0 Å². The maximum absolute atomic E-state index is 5.65. The van der Waals surface area contributed by atoms with Gasteiger partial charge in [0.15, 0.2) is 0 Å². The summed E-state index contributed by atoms with van der Waals surface area (Å²) in [5.41, 5.74) is 0.830. The normalized spacial score (nSPS) is 19.1. The zero-order valence-corrected chi connectivity index (χ0v) is 10.6. The van der Waals surface area contributed by atoms with Crippen LogP contribution in [-0.2, 0) is 4.74 Å². The summed E-state index contributed by atoms with van der Waals surface area (Å²) >= 11 is 0. The number of pyridine rings is 1. The molecule has 0 saturated heterocycles. The Morgan fingerprint density at radius 3 is 2.72 bits per heavy atom. The fourth-order valence-electron chi connectivity index (χ4n) is 2.07. The molecule has 0 unspecified atom stereocenters. The lowest BCUT2D eigenvalue weighted by molar-refractivity contribution is 0.291. The second kappa shape index (κ2) is 4.41.